The number of hydrogen-bond donors (Lipinski definition) is 1. The van der Waals surface area contributed by atoms with Gasteiger partial charge in [0, 0.05) is 24.9 Å². The number of allylic oxidation sites excluding steroid dienone is 2. The van der Waals surface area contributed by atoms with E-state index in [4.69, 9.17) is 10.5 Å². The van der Waals surface area contributed by atoms with Crippen molar-refractivity contribution in [3.8, 4) is 18.2 Å². The maximum absolute atomic E-state index is 12.1. The highest BCUT2D eigenvalue weighted by atomic mass is 16.5. The van der Waals surface area contributed by atoms with Crippen molar-refractivity contribution in [1.29, 1.82) is 15.8 Å². The maximum atomic E-state index is 12.1. The molecule has 7 heteroatoms. The highest BCUT2D eigenvalue weighted by Crippen LogP contribution is 2.52. The second-order valence-corrected chi connectivity index (χ2v) is 7.13. The molecule has 0 fully saturated rings. The fraction of sp³-hybridized carbons (Fsp3) is 0.364. The van der Waals surface area contributed by atoms with Crippen LogP contribution >= 0.6 is 0 Å². The van der Waals surface area contributed by atoms with Crippen molar-refractivity contribution in [3.05, 3.63) is 58.3 Å². The van der Waals surface area contributed by atoms with E-state index in [1.165, 1.54) is 12.0 Å². The first kappa shape index (κ1) is 20.0. The third kappa shape index (κ3) is 3.00. The zero-order chi connectivity index (χ0) is 21.2. The van der Waals surface area contributed by atoms with Crippen molar-refractivity contribution in [3.63, 3.8) is 0 Å². The SMILES string of the molecule is CCc1ccc([C@H]2C(C#N)=C(N)C(C#N)(C#N)C3=CCN(C(=O)OC)C[C@@H]32)cc1. The van der Waals surface area contributed by atoms with Crippen molar-refractivity contribution in [1.82, 2.24) is 4.90 Å². The summed E-state index contributed by atoms with van der Waals surface area (Å²) in [7, 11) is 1.30. The topological polar surface area (TPSA) is 127 Å². The number of ether oxygens (including phenoxy) is 1. The van der Waals surface area contributed by atoms with E-state index < -0.39 is 23.3 Å². The molecule has 0 aromatic heterocycles. The molecule has 3 rings (SSSR count). The second kappa shape index (κ2) is 7.70. The van der Waals surface area contributed by atoms with Crippen LogP contribution in [0.1, 0.15) is 24.0 Å². The van der Waals surface area contributed by atoms with Crippen molar-refractivity contribution in [2.24, 2.45) is 17.1 Å². The fourth-order valence-corrected chi connectivity index (χ4v) is 4.25. The summed E-state index contributed by atoms with van der Waals surface area (Å²) in [6.45, 7) is 2.49. The Labute approximate surface area is 169 Å². The van der Waals surface area contributed by atoms with E-state index in [1.807, 2.05) is 36.4 Å². The van der Waals surface area contributed by atoms with E-state index in [9.17, 15) is 20.6 Å². The summed E-state index contributed by atoms with van der Waals surface area (Å²) < 4.78 is 4.85. The summed E-state index contributed by atoms with van der Waals surface area (Å²) in [5, 5.41) is 29.6. The Kier molecular flexibility index (Phi) is 5.31. The number of fused-ring (bicyclic) bond motifs is 1. The zero-order valence-corrected chi connectivity index (χ0v) is 16.3. The van der Waals surface area contributed by atoms with Crippen LogP contribution < -0.4 is 5.73 Å². The highest BCUT2D eigenvalue weighted by molar-refractivity contribution is 5.69. The lowest BCUT2D eigenvalue weighted by Gasteiger charge is -2.44. The molecular weight excluding hydrogens is 366 g/mol. The third-order valence-electron chi connectivity index (χ3n) is 5.82. The number of methoxy groups -OCH3 is 1. The average molecular weight is 387 g/mol. The molecule has 0 radical (unpaired) electrons. The molecule has 0 saturated carbocycles. The largest absolute Gasteiger partial charge is 0.453 e. The number of nitriles is 3. The monoisotopic (exact) mass is 387 g/mol. The molecule has 2 atom stereocenters. The number of carbonyl (C=O) groups excluding carboxylic acids is 1. The predicted octanol–water partition coefficient (Wildman–Crippen LogP) is 2.74. The lowest BCUT2D eigenvalue weighted by atomic mass is 9.60. The molecule has 0 spiro atoms. The first-order chi connectivity index (χ1) is 14.0. The summed E-state index contributed by atoms with van der Waals surface area (Å²) in [6, 6.07) is 14.0. The van der Waals surface area contributed by atoms with Gasteiger partial charge in [-0.05, 0) is 23.1 Å². The maximum Gasteiger partial charge on any atom is 0.409 e. The Morgan fingerprint density at radius 3 is 2.45 bits per heavy atom. The quantitative estimate of drug-likeness (QED) is 0.777. The number of nitrogens with two attached hydrogens (primary N) is 1. The fourth-order valence-electron chi connectivity index (χ4n) is 4.25. The summed E-state index contributed by atoms with van der Waals surface area (Å²) in [4.78, 5) is 13.6. The molecule has 7 nitrogen and oxygen atoms in total. The smallest absolute Gasteiger partial charge is 0.409 e. The van der Waals surface area contributed by atoms with Crippen molar-refractivity contribution < 1.29 is 9.53 Å². The Hall–Kier alpha value is -3.76. The van der Waals surface area contributed by atoms with Crippen LogP contribution in [-0.2, 0) is 11.2 Å². The number of carbonyl (C=O) groups is 1. The molecule has 29 heavy (non-hydrogen) atoms. The van der Waals surface area contributed by atoms with Crippen LogP contribution in [0.5, 0.6) is 0 Å². The molecule has 2 aliphatic rings. The molecule has 1 aromatic rings. The van der Waals surface area contributed by atoms with Gasteiger partial charge in [0.05, 0.1) is 36.6 Å². The van der Waals surface area contributed by atoms with Gasteiger partial charge in [-0.15, -0.1) is 0 Å². The van der Waals surface area contributed by atoms with Crippen LogP contribution in [-0.4, -0.2) is 31.2 Å². The van der Waals surface area contributed by atoms with Gasteiger partial charge in [0.1, 0.15) is 0 Å². The first-order valence-corrected chi connectivity index (χ1v) is 9.32. The molecule has 0 bridgehead atoms. The number of nitrogens with zero attached hydrogens (tertiary/aromatic N) is 4. The van der Waals surface area contributed by atoms with Gasteiger partial charge < -0.3 is 15.4 Å². The van der Waals surface area contributed by atoms with E-state index in [0.29, 0.717) is 5.57 Å². The van der Waals surface area contributed by atoms with E-state index in [2.05, 4.69) is 13.0 Å². The molecule has 1 amide bonds. The molecule has 0 unspecified atom stereocenters. The lowest BCUT2D eigenvalue weighted by molar-refractivity contribution is 0.117. The van der Waals surface area contributed by atoms with E-state index >= 15 is 0 Å². The van der Waals surface area contributed by atoms with Crippen LogP contribution in [0.2, 0.25) is 0 Å². The van der Waals surface area contributed by atoms with E-state index in [0.717, 1.165) is 17.5 Å². The minimum absolute atomic E-state index is 0.0245. The molecule has 1 aliphatic heterocycles. The summed E-state index contributed by atoms with van der Waals surface area (Å²) in [6.07, 6.45) is 2.08. The number of aryl methyl sites for hydroxylation is 1. The normalized spacial score (nSPS) is 22.4. The van der Waals surface area contributed by atoms with Gasteiger partial charge in [-0.1, -0.05) is 37.3 Å². The number of benzene rings is 1. The van der Waals surface area contributed by atoms with Crippen LogP contribution in [0, 0.1) is 45.3 Å². The van der Waals surface area contributed by atoms with Crippen molar-refractivity contribution in [2.75, 3.05) is 20.2 Å². The minimum Gasteiger partial charge on any atom is -0.453 e. The number of hydrogen-bond acceptors (Lipinski definition) is 6. The Balaban J connectivity index is 2.24. The third-order valence-corrected chi connectivity index (χ3v) is 5.82. The zero-order valence-electron chi connectivity index (χ0n) is 16.3. The first-order valence-electron chi connectivity index (χ1n) is 9.32. The van der Waals surface area contributed by atoms with Gasteiger partial charge in [-0.3, -0.25) is 0 Å². The molecule has 1 heterocycles. The molecule has 146 valence electrons. The predicted molar refractivity (Wildman–Crippen MR) is 105 cm³/mol. The average Bonchev–Trinajstić information content (AvgIpc) is 2.78. The Bertz CT molecular complexity index is 1000. The van der Waals surface area contributed by atoms with Crippen molar-refractivity contribution in [2.45, 2.75) is 19.3 Å². The summed E-state index contributed by atoms with van der Waals surface area (Å²) in [5.41, 5.74) is 7.28. The minimum atomic E-state index is -1.71. The highest BCUT2D eigenvalue weighted by Gasteiger charge is 2.53. The summed E-state index contributed by atoms with van der Waals surface area (Å²) in [5.74, 6) is -0.893. The van der Waals surface area contributed by atoms with E-state index in [1.54, 1.807) is 6.08 Å². The standard InChI is InChI=1S/C22H21N5O2/c1-3-14-4-6-15(7-5-14)19-16(10-23)20(26)22(12-24,13-25)18-8-9-27(11-17(18)19)21(28)29-2/h4-8,17,19H,3,9,11,26H2,1-2H3/t17-,19-/m0/s1. The van der Waals surface area contributed by atoms with Gasteiger partial charge in [0.25, 0.3) is 0 Å². The summed E-state index contributed by atoms with van der Waals surface area (Å²) >= 11 is 0. The van der Waals surface area contributed by atoms with Crippen molar-refractivity contribution >= 4 is 6.09 Å². The Morgan fingerprint density at radius 2 is 1.93 bits per heavy atom. The number of amides is 1. The molecule has 0 saturated heterocycles. The van der Waals surface area contributed by atoms with Crippen LogP contribution in [0.15, 0.2) is 47.2 Å². The van der Waals surface area contributed by atoms with Gasteiger partial charge in [0.15, 0.2) is 0 Å². The van der Waals surface area contributed by atoms with Gasteiger partial charge in [-0.25, -0.2) is 4.79 Å². The molecular formula is C22H21N5O2. The van der Waals surface area contributed by atoms with Crippen LogP contribution in [0.3, 0.4) is 0 Å². The van der Waals surface area contributed by atoms with Gasteiger partial charge in [0.2, 0.25) is 5.41 Å². The second-order valence-electron chi connectivity index (χ2n) is 7.13. The van der Waals surface area contributed by atoms with Gasteiger partial charge >= 0.3 is 6.09 Å². The van der Waals surface area contributed by atoms with Crippen LogP contribution in [0.25, 0.3) is 0 Å². The molecule has 1 aliphatic carbocycles. The van der Waals surface area contributed by atoms with E-state index in [-0.39, 0.29) is 24.4 Å². The lowest BCUT2D eigenvalue weighted by Crippen LogP contribution is -2.48. The molecule has 1 aromatic carbocycles. The Morgan fingerprint density at radius 1 is 1.28 bits per heavy atom. The molecule has 2 N–H and O–H groups in total. The van der Waals surface area contributed by atoms with Gasteiger partial charge in [-0.2, -0.15) is 15.8 Å². The number of rotatable bonds is 2. The van der Waals surface area contributed by atoms with Crippen LogP contribution in [0.4, 0.5) is 4.79 Å².